The number of halogens is 1. The summed E-state index contributed by atoms with van der Waals surface area (Å²) in [5, 5.41) is 2.82. The molecule has 1 aromatic rings. The largest absolute Gasteiger partial charge is 0.352 e. The maximum atomic E-state index is 11.2. The van der Waals surface area contributed by atoms with Gasteiger partial charge in [0.2, 0.25) is 5.91 Å². The number of alkyl halides is 1. The second kappa shape index (κ2) is 7.58. The standard InChI is InChI=1S/C12H16ClNOS/c1-2-16-11-5-3-10(4-6-11)9-14-12(15)7-8-13/h3-6H,2,7-9H2,1H3,(H,14,15). The molecule has 16 heavy (non-hydrogen) atoms. The first-order chi connectivity index (χ1) is 7.76. The summed E-state index contributed by atoms with van der Waals surface area (Å²) in [6, 6.07) is 8.24. The second-order valence-electron chi connectivity index (χ2n) is 3.29. The molecule has 1 aromatic carbocycles. The Morgan fingerprint density at radius 1 is 1.38 bits per heavy atom. The SMILES string of the molecule is CCSc1ccc(CNC(=O)CCCl)cc1. The fraction of sp³-hybridized carbons (Fsp3) is 0.417. The van der Waals surface area contributed by atoms with Crippen LogP contribution in [0.25, 0.3) is 0 Å². The van der Waals surface area contributed by atoms with Crippen molar-refractivity contribution in [2.75, 3.05) is 11.6 Å². The van der Waals surface area contributed by atoms with Crippen LogP contribution < -0.4 is 5.32 Å². The number of benzene rings is 1. The minimum absolute atomic E-state index is 0.00186. The van der Waals surface area contributed by atoms with E-state index < -0.39 is 0 Å². The Hall–Kier alpha value is -0.670. The predicted molar refractivity (Wildman–Crippen MR) is 70.0 cm³/mol. The molecule has 4 heteroatoms. The Kier molecular flexibility index (Phi) is 6.34. The van der Waals surface area contributed by atoms with Gasteiger partial charge >= 0.3 is 0 Å². The lowest BCUT2D eigenvalue weighted by atomic mass is 10.2. The van der Waals surface area contributed by atoms with Gasteiger partial charge in [-0.1, -0.05) is 19.1 Å². The molecule has 0 heterocycles. The van der Waals surface area contributed by atoms with E-state index in [1.54, 1.807) is 0 Å². The van der Waals surface area contributed by atoms with Gasteiger partial charge in [0.25, 0.3) is 0 Å². The lowest BCUT2D eigenvalue weighted by molar-refractivity contribution is -0.120. The number of rotatable bonds is 6. The summed E-state index contributed by atoms with van der Waals surface area (Å²) in [5.74, 6) is 1.45. The molecule has 0 unspecified atom stereocenters. The van der Waals surface area contributed by atoms with Crippen LogP contribution in [-0.2, 0) is 11.3 Å². The molecule has 0 bridgehead atoms. The van der Waals surface area contributed by atoms with Crippen LogP contribution in [0.4, 0.5) is 0 Å². The quantitative estimate of drug-likeness (QED) is 0.627. The maximum Gasteiger partial charge on any atom is 0.221 e. The fourth-order valence-corrected chi connectivity index (χ4v) is 2.08. The molecule has 2 nitrogen and oxygen atoms in total. The van der Waals surface area contributed by atoms with Gasteiger partial charge in [-0.25, -0.2) is 0 Å². The third-order valence-corrected chi connectivity index (χ3v) is 3.13. The molecule has 0 radical (unpaired) electrons. The van der Waals surface area contributed by atoms with E-state index in [0.717, 1.165) is 11.3 Å². The van der Waals surface area contributed by atoms with Crippen molar-refractivity contribution in [3.8, 4) is 0 Å². The van der Waals surface area contributed by atoms with Gasteiger partial charge in [0.05, 0.1) is 0 Å². The van der Waals surface area contributed by atoms with Crippen molar-refractivity contribution in [1.82, 2.24) is 5.32 Å². The summed E-state index contributed by atoms with van der Waals surface area (Å²) in [6.07, 6.45) is 0.380. The molecular weight excluding hydrogens is 242 g/mol. The third kappa shape index (κ3) is 4.90. The number of amides is 1. The number of hydrogen-bond donors (Lipinski definition) is 1. The lowest BCUT2D eigenvalue weighted by Gasteiger charge is -2.05. The monoisotopic (exact) mass is 257 g/mol. The van der Waals surface area contributed by atoms with Crippen molar-refractivity contribution in [3.05, 3.63) is 29.8 Å². The summed E-state index contributed by atoms with van der Waals surface area (Å²) in [4.78, 5) is 12.4. The molecule has 1 rings (SSSR count). The van der Waals surface area contributed by atoms with Crippen LogP contribution in [0, 0.1) is 0 Å². The first-order valence-corrected chi connectivity index (χ1v) is 6.82. The van der Waals surface area contributed by atoms with Gasteiger partial charge in [-0.3, -0.25) is 4.79 Å². The van der Waals surface area contributed by atoms with E-state index in [1.165, 1.54) is 4.90 Å². The Labute approximate surface area is 106 Å². The molecular formula is C12H16ClNOS. The first-order valence-electron chi connectivity index (χ1n) is 5.30. The van der Waals surface area contributed by atoms with E-state index in [4.69, 9.17) is 11.6 Å². The molecule has 1 N–H and O–H groups in total. The summed E-state index contributed by atoms with van der Waals surface area (Å²) in [6.45, 7) is 2.71. The Balaban J connectivity index is 2.40. The molecule has 88 valence electrons. The number of thioether (sulfide) groups is 1. The number of nitrogens with one attached hydrogen (secondary N) is 1. The normalized spacial score (nSPS) is 10.1. The van der Waals surface area contributed by atoms with Gasteiger partial charge in [-0.2, -0.15) is 0 Å². The van der Waals surface area contributed by atoms with E-state index >= 15 is 0 Å². The average Bonchev–Trinajstić information content (AvgIpc) is 2.29. The van der Waals surface area contributed by atoms with Gasteiger partial charge in [-0.15, -0.1) is 23.4 Å². The summed E-state index contributed by atoms with van der Waals surface area (Å²) >= 11 is 7.28. The second-order valence-corrected chi connectivity index (χ2v) is 5.01. The molecule has 0 aliphatic heterocycles. The molecule has 0 aliphatic rings. The summed E-state index contributed by atoms with van der Waals surface area (Å²) in [5.41, 5.74) is 1.11. The topological polar surface area (TPSA) is 29.1 Å². The highest BCUT2D eigenvalue weighted by molar-refractivity contribution is 7.99. The molecule has 1 amide bonds. The number of carbonyl (C=O) groups is 1. The lowest BCUT2D eigenvalue weighted by Crippen LogP contribution is -2.22. The molecule has 0 saturated carbocycles. The molecule has 0 aromatic heterocycles. The van der Waals surface area contributed by atoms with E-state index in [-0.39, 0.29) is 5.91 Å². The van der Waals surface area contributed by atoms with E-state index in [2.05, 4.69) is 24.4 Å². The zero-order chi connectivity index (χ0) is 11.8. The number of carbonyl (C=O) groups excluding carboxylic acids is 1. The molecule has 0 atom stereocenters. The third-order valence-electron chi connectivity index (χ3n) is 2.05. The van der Waals surface area contributed by atoms with Gasteiger partial charge in [0.15, 0.2) is 0 Å². The first kappa shape index (κ1) is 13.4. The average molecular weight is 258 g/mol. The van der Waals surface area contributed by atoms with Gasteiger partial charge < -0.3 is 5.32 Å². The van der Waals surface area contributed by atoms with Crippen LogP contribution in [0.5, 0.6) is 0 Å². The van der Waals surface area contributed by atoms with Crippen molar-refractivity contribution in [2.45, 2.75) is 24.8 Å². The highest BCUT2D eigenvalue weighted by Gasteiger charge is 2.00. The minimum Gasteiger partial charge on any atom is -0.352 e. The van der Waals surface area contributed by atoms with E-state index in [0.29, 0.717) is 18.8 Å². The van der Waals surface area contributed by atoms with Crippen LogP contribution in [0.15, 0.2) is 29.2 Å². The Morgan fingerprint density at radius 2 is 2.06 bits per heavy atom. The van der Waals surface area contributed by atoms with Gasteiger partial charge in [0, 0.05) is 23.7 Å². The van der Waals surface area contributed by atoms with Crippen LogP contribution in [-0.4, -0.2) is 17.5 Å². The minimum atomic E-state index is 0.00186. The van der Waals surface area contributed by atoms with E-state index in [1.807, 2.05) is 23.9 Å². The van der Waals surface area contributed by atoms with E-state index in [9.17, 15) is 4.79 Å². The Bertz CT molecular complexity index is 326. The van der Waals surface area contributed by atoms with Crippen LogP contribution in [0.1, 0.15) is 18.9 Å². The summed E-state index contributed by atoms with van der Waals surface area (Å²) in [7, 11) is 0. The van der Waals surface area contributed by atoms with Crippen molar-refractivity contribution >= 4 is 29.3 Å². The Morgan fingerprint density at radius 3 is 2.62 bits per heavy atom. The molecule has 0 fully saturated rings. The van der Waals surface area contributed by atoms with Gasteiger partial charge in [-0.05, 0) is 23.4 Å². The van der Waals surface area contributed by atoms with Crippen LogP contribution in [0.3, 0.4) is 0 Å². The smallest absolute Gasteiger partial charge is 0.221 e. The molecule has 0 saturated heterocycles. The van der Waals surface area contributed by atoms with Gasteiger partial charge in [0.1, 0.15) is 0 Å². The predicted octanol–water partition coefficient (Wildman–Crippen LogP) is 3.04. The highest BCUT2D eigenvalue weighted by atomic mass is 35.5. The fourth-order valence-electron chi connectivity index (χ4n) is 1.25. The maximum absolute atomic E-state index is 11.2. The zero-order valence-corrected chi connectivity index (χ0v) is 10.9. The van der Waals surface area contributed by atoms with Crippen molar-refractivity contribution in [1.29, 1.82) is 0 Å². The van der Waals surface area contributed by atoms with Crippen LogP contribution in [0.2, 0.25) is 0 Å². The molecule has 0 aliphatic carbocycles. The van der Waals surface area contributed by atoms with Crippen molar-refractivity contribution < 1.29 is 4.79 Å². The number of hydrogen-bond acceptors (Lipinski definition) is 2. The zero-order valence-electron chi connectivity index (χ0n) is 9.33. The highest BCUT2D eigenvalue weighted by Crippen LogP contribution is 2.17. The van der Waals surface area contributed by atoms with Crippen molar-refractivity contribution in [3.63, 3.8) is 0 Å². The van der Waals surface area contributed by atoms with Crippen molar-refractivity contribution in [2.24, 2.45) is 0 Å². The molecule has 0 spiro atoms. The summed E-state index contributed by atoms with van der Waals surface area (Å²) < 4.78 is 0. The van der Waals surface area contributed by atoms with Crippen LogP contribution >= 0.6 is 23.4 Å².